The number of phosphoric ester groups is 1. The van der Waals surface area contributed by atoms with E-state index in [1.165, 1.54) is 109 Å². The molecule has 0 aliphatic carbocycles. The third kappa shape index (κ3) is 43.3. The van der Waals surface area contributed by atoms with Crippen molar-refractivity contribution in [2.24, 2.45) is 0 Å². The first-order chi connectivity index (χ1) is 28.3. The highest BCUT2D eigenvalue weighted by atomic mass is 31.2. The average molecular weight is 836 g/mol. The van der Waals surface area contributed by atoms with Crippen molar-refractivity contribution in [3.05, 3.63) is 60.8 Å². The molecule has 2 N–H and O–H groups in total. The van der Waals surface area contributed by atoms with E-state index in [-0.39, 0.29) is 26.1 Å². The molecule has 0 aromatic rings. The summed E-state index contributed by atoms with van der Waals surface area (Å²) in [6, 6.07) is 0. The molecule has 336 valence electrons. The molecule has 0 heterocycles. The van der Waals surface area contributed by atoms with Gasteiger partial charge in [0.2, 0.25) is 0 Å². The highest BCUT2D eigenvalue weighted by Crippen LogP contribution is 2.43. The minimum absolute atomic E-state index is 0.0276. The van der Waals surface area contributed by atoms with Crippen LogP contribution in [0.1, 0.15) is 194 Å². The Morgan fingerprint density at radius 1 is 0.534 bits per heavy atom. The molecular weight excluding hydrogens is 750 g/mol. The zero-order chi connectivity index (χ0) is 42.5. The number of rotatable bonds is 43. The van der Waals surface area contributed by atoms with Crippen LogP contribution in [0.25, 0.3) is 0 Å². The fraction of sp³-hybridized carbons (Fsp3) is 0.750. The van der Waals surface area contributed by atoms with E-state index >= 15 is 0 Å². The van der Waals surface area contributed by atoms with Gasteiger partial charge in [0, 0.05) is 19.4 Å². The lowest BCUT2D eigenvalue weighted by atomic mass is 10.1. The highest BCUT2D eigenvalue weighted by molar-refractivity contribution is 7.47. The molecule has 0 amide bonds. The number of phosphoric acid groups is 1. The van der Waals surface area contributed by atoms with Crippen molar-refractivity contribution in [1.29, 1.82) is 0 Å². The first kappa shape index (κ1) is 55.7. The van der Waals surface area contributed by atoms with Gasteiger partial charge in [-0.05, 0) is 84.1 Å². The number of hydrogen-bond acceptors (Lipinski definition) is 8. The maximum absolute atomic E-state index is 12.6. The van der Waals surface area contributed by atoms with E-state index in [1.54, 1.807) is 7.05 Å². The van der Waals surface area contributed by atoms with Gasteiger partial charge in [0.25, 0.3) is 0 Å². The van der Waals surface area contributed by atoms with E-state index in [9.17, 15) is 19.0 Å². The molecule has 0 aliphatic rings. The molecule has 0 saturated heterocycles. The van der Waals surface area contributed by atoms with Crippen molar-refractivity contribution >= 4 is 19.8 Å². The summed E-state index contributed by atoms with van der Waals surface area (Å²) in [5.41, 5.74) is 0. The number of hydrogen-bond donors (Lipinski definition) is 2. The molecule has 0 radical (unpaired) electrons. The molecule has 2 unspecified atom stereocenters. The van der Waals surface area contributed by atoms with Gasteiger partial charge in [0.15, 0.2) is 6.10 Å². The number of carbonyl (C=O) groups is 2. The van der Waals surface area contributed by atoms with Gasteiger partial charge in [0.1, 0.15) is 6.61 Å². The Morgan fingerprint density at radius 2 is 0.948 bits per heavy atom. The molecule has 9 nitrogen and oxygen atoms in total. The van der Waals surface area contributed by atoms with Crippen LogP contribution in [0.5, 0.6) is 0 Å². The quantitative estimate of drug-likeness (QED) is 0.0268. The third-order valence-corrected chi connectivity index (χ3v) is 10.6. The van der Waals surface area contributed by atoms with Gasteiger partial charge in [-0.2, -0.15) is 0 Å². The molecule has 0 bridgehead atoms. The molecule has 0 rings (SSSR count). The predicted octanol–water partition coefficient (Wildman–Crippen LogP) is 13.5. The van der Waals surface area contributed by atoms with E-state index in [4.69, 9.17) is 18.5 Å². The second kappa shape index (κ2) is 44.3. The summed E-state index contributed by atoms with van der Waals surface area (Å²) in [4.78, 5) is 35.1. The summed E-state index contributed by atoms with van der Waals surface area (Å²) >= 11 is 0. The summed E-state index contributed by atoms with van der Waals surface area (Å²) in [6.07, 6.45) is 51.3. The monoisotopic (exact) mass is 836 g/mol. The van der Waals surface area contributed by atoms with Crippen LogP contribution in [0.2, 0.25) is 0 Å². The van der Waals surface area contributed by atoms with Gasteiger partial charge in [0.05, 0.1) is 13.2 Å². The number of ether oxygens (including phenoxy) is 2. The Hall–Kier alpha value is -2.29. The number of nitrogens with one attached hydrogen (secondary N) is 1. The van der Waals surface area contributed by atoms with Crippen molar-refractivity contribution in [2.45, 2.75) is 200 Å². The van der Waals surface area contributed by atoms with E-state index in [0.717, 1.165) is 44.9 Å². The number of esters is 2. The first-order valence-corrected chi connectivity index (χ1v) is 24.7. The van der Waals surface area contributed by atoms with Crippen molar-refractivity contribution in [2.75, 3.05) is 33.4 Å². The van der Waals surface area contributed by atoms with E-state index in [0.29, 0.717) is 19.4 Å². The Labute approximate surface area is 355 Å². The van der Waals surface area contributed by atoms with Crippen molar-refractivity contribution in [3.8, 4) is 0 Å². The highest BCUT2D eigenvalue weighted by Gasteiger charge is 2.26. The van der Waals surface area contributed by atoms with Crippen molar-refractivity contribution in [3.63, 3.8) is 0 Å². The molecular formula is C48H86NO8P. The van der Waals surface area contributed by atoms with Crippen molar-refractivity contribution in [1.82, 2.24) is 5.32 Å². The molecule has 0 aliphatic heterocycles. The number of likely N-dealkylation sites (N-methyl/N-ethyl adjacent to an activating group) is 1. The zero-order valence-electron chi connectivity index (χ0n) is 37.2. The van der Waals surface area contributed by atoms with Gasteiger partial charge in [-0.25, -0.2) is 4.57 Å². The Morgan fingerprint density at radius 3 is 1.48 bits per heavy atom. The topological polar surface area (TPSA) is 120 Å². The Bertz CT molecular complexity index is 1130. The van der Waals surface area contributed by atoms with Crippen LogP contribution in [0.3, 0.4) is 0 Å². The summed E-state index contributed by atoms with van der Waals surface area (Å²) < 4.78 is 33.2. The third-order valence-electron chi connectivity index (χ3n) is 9.61. The van der Waals surface area contributed by atoms with E-state index < -0.39 is 32.5 Å². The summed E-state index contributed by atoms with van der Waals surface area (Å²) in [7, 11) is -2.67. The average Bonchev–Trinajstić information content (AvgIpc) is 3.21. The van der Waals surface area contributed by atoms with Gasteiger partial charge < -0.3 is 19.7 Å². The van der Waals surface area contributed by atoms with Crippen LogP contribution in [-0.2, 0) is 32.7 Å². The molecule has 58 heavy (non-hydrogen) atoms. The lowest BCUT2D eigenvalue weighted by Crippen LogP contribution is -2.29. The minimum Gasteiger partial charge on any atom is -0.462 e. The standard InChI is InChI=1S/C48H86NO8P/c1-4-6-8-10-12-14-16-18-20-22-23-25-27-29-31-33-35-37-39-41-48(51)57-46(45-56-58(52,53)55-43-42-49-3)44-54-47(50)40-38-36-34-32-30-28-26-24-21-19-17-15-13-11-9-7-5-2/h13,15,18-21,26,28,32,34,46,49H,4-12,14,16-17,22-25,27,29-31,33,35-45H2,1-3H3,(H,52,53)/b15-13-,20-18-,21-19-,28-26-,34-32-. The summed E-state index contributed by atoms with van der Waals surface area (Å²) in [6.45, 7) is 4.13. The normalized spacial score (nSPS) is 13.8. The molecule has 0 saturated carbocycles. The lowest BCUT2D eigenvalue weighted by Gasteiger charge is -2.20. The fourth-order valence-electron chi connectivity index (χ4n) is 6.07. The predicted molar refractivity (Wildman–Crippen MR) is 243 cm³/mol. The van der Waals surface area contributed by atoms with Crippen LogP contribution in [-0.4, -0.2) is 56.3 Å². The Balaban J connectivity index is 4.27. The molecule has 0 aromatic carbocycles. The molecule has 0 aromatic heterocycles. The van der Waals surface area contributed by atoms with Crippen LogP contribution < -0.4 is 5.32 Å². The molecule has 0 fully saturated rings. The van der Waals surface area contributed by atoms with Gasteiger partial charge in [-0.3, -0.25) is 18.6 Å². The zero-order valence-corrected chi connectivity index (χ0v) is 38.1. The largest absolute Gasteiger partial charge is 0.472 e. The van der Waals surface area contributed by atoms with E-state index in [2.05, 4.69) is 79.9 Å². The van der Waals surface area contributed by atoms with Gasteiger partial charge in [-0.15, -0.1) is 0 Å². The van der Waals surface area contributed by atoms with Crippen LogP contribution >= 0.6 is 7.82 Å². The van der Waals surface area contributed by atoms with Gasteiger partial charge >= 0.3 is 19.8 Å². The summed E-state index contributed by atoms with van der Waals surface area (Å²) in [5.74, 6) is -0.875. The number of allylic oxidation sites excluding steroid dienone is 10. The number of carbonyl (C=O) groups excluding carboxylic acids is 2. The second-order valence-corrected chi connectivity index (χ2v) is 16.7. The SMILES string of the molecule is CCCCC/C=C\C/C=C\C/C=C\C/C=C\CCCC(=O)OCC(COP(=O)(O)OCCNC)OC(=O)CCCCCCCCCCC/C=C\CCCCCCCC. The van der Waals surface area contributed by atoms with E-state index in [1.807, 2.05) is 0 Å². The van der Waals surface area contributed by atoms with Crippen LogP contribution in [0.4, 0.5) is 0 Å². The molecule has 10 heteroatoms. The maximum Gasteiger partial charge on any atom is 0.472 e. The fourth-order valence-corrected chi connectivity index (χ4v) is 6.82. The number of unbranched alkanes of at least 4 members (excludes halogenated alkanes) is 19. The van der Waals surface area contributed by atoms with Gasteiger partial charge in [-0.1, -0.05) is 164 Å². The maximum atomic E-state index is 12.6. The lowest BCUT2D eigenvalue weighted by molar-refractivity contribution is -0.161. The summed E-state index contributed by atoms with van der Waals surface area (Å²) in [5, 5.41) is 2.82. The molecule has 2 atom stereocenters. The minimum atomic E-state index is -4.37. The smallest absolute Gasteiger partial charge is 0.462 e. The first-order valence-electron chi connectivity index (χ1n) is 23.2. The second-order valence-electron chi connectivity index (χ2n) is 15.2. The molecule has 0 spiro atoms. The van der Waals surface area contributed by atoms with Crippen LogP contribution in [0, 0.1) is 0 Å². The van der Waals surface area contributed by atoms with Crippen LogP contribution in [0.15, 0.2) is 60.8 Å². The van der Waals surface area contributed by atoms with Crippen molar-refractivity contribution < 1.29 is 37.6 Å². The Kier molecular flexibility index (Phi) is 42.5.